The Morgan fingerprint density at radius 2 is 2.32 bits per heavy atom. The van der Waals surface area contributed by atoms with Crippen molar-refractivity contribution in [2.24, 2.45) is 0 Å². The standard InChI is InChI=1S/C14H18BrNO3/c1-19-12-5-4-11(7-12)16-8-10-3-2-9(14(17)18)6-13(10)15/h2-3,6,11-12,16H,4-5,7-8H2,1H3,(H,17,18). The maximum atomic E-state index is 10.9. The number of ether oxygens (including phenoxy) is 1. The van der Waals surface area contributed by atoms with Gasteiger partial charge in [0.15, 0.2) is 0 Å². The summed E-state index contributed by atoms with van der Waals surface area (Å²) in [5.74, 6) is -0.904. The van der Waals surface area contributed by atoms with Crippen molar-refractivity contribution in [2.45, 2.75) is 38.0 Å². The van der Waals surface area contributed by atoms with E-state index >= 15 is 0 Å². The van der Waals surface area contributed by atoms with Gasteiger partial charge >= 0.3 is 5.97 Å². The van der Waals surface area contributed by atoms with Crippen LogP contribution in [-0.2, 0) is 11.3 Å². The number of hydrogen-bond acceptors (Lipinski definition) is 3. The number of carbonyl (C=O) groups is 1. The molecule has 4 nitrogen and oxygen atoms in total. The van der Waals surface area contributed by atoms with Gasteiger partial charge in [0.25, 0.3) is 0 Å². The third kappa shape index (κ3) is 3.78. The van der Waals surface area contributed by atoms with Gasteiger partial charge < -0.3 is 15.2 Å². The van der Waals surface area contributed by atoms with E-state index < -0.39 is 5.97 Å². The molecule has 0 amide bonds. The van der Waals surface area contributed by atoms with Crippen molar-refractivity contribution in [3.63, 3.8) is 0 Å². The first-order valence-corrected chi connectivity index (χ1v) is 7.17. The van der Waals surface area contributed by atoms with Gasteiger partial charge in [-0.15, -0.1) is 0 Å². The number of hydrogen-bond donors (Lipinski definition) is 2. The second-order valence-corrected chi connectivity index (χ2v) is 5.71. The average Bonchev–Trinajstić information content (AvgIpc) is 2.85. The SMILES string of the molecule is COC1CCC(NCc2ccc(C(=O)O)cc2Br)C1. The van der Waals surface area contributed by atoms with E-state index in [0.29, 0.717) is 17.7 Å². The van der Waals surface area contributed by atoms with Gasteiger partial charge in [0, 0.05) is 24.2 Å². The van der Waals surface area contributed by atoms with Gasteiger partial charge in [-0.1, -0.05) is 22.0 Å². The Morgan fingerprint density at radius 1 is 1.53 bits per heavy atom. The van der Waals surface area contributed by atoms with Crippen LogP contribution in [0.2, 0.25) is 0 Å². The first-order chi connectivity index (χ1) is 9.10. The summed E-state index contributed by atoms with van der Waals surface area (Å²) in [5, 5.41) is 12.4. The van der Waals surface area contributed by atoms with Gasteiger partial charge in [-0.05, 0) is 37.0 Å². The van der Waals surface area contributed by atoms with E-state index in [1.807, 2.05) is 6.07 Å². The summed E-state index contributed by atoms with van der Waals surface area (Å²) in [7, 11) is 1.76. The van der Waals surface area contributed by atoms with Gasteiger partial charge in [0.2, 0.25) is 0 Å². The molecule has 2 unspecified atom stereocenters. The van der Waals surface area contributed by atoms with Crippen LogP contribution in [0.3, 0.4) is 0 Å². The molecule has 0 spiro atoms. The molecule has 1 aliphatic rings. The zero-order valence-corrected chi connectivity index (χ0v) is 12.4. The molecule has 1 aliphatic carbocycles. The van der Waals surface area contributed by atoms with Gasteiger partial charge in [-0.25, -0.2) is 4.79 Å². The molecule has 0 bridgehead atoms. The van der Waals surface area contributed by atoms with Crippen LogP contribution in [0.4, 0.5) is 0 Å². The smallest absolute Gasteiger partial charge is 0.335 e. The highest BCUT2D eigenvalue weighted by atomic mass is 79.9. The first kappa shape index (κ1) is 14.5. The second kappa shape index (κ2) is 6.50. The lowest BCUT2D eigenvalue weighted by atomic mass is 10.1. The quantitative estimate of drug-likeness (QED) is 0.873. The van der Waals surface area contributed by atoms with Gasteiger partial charge in [0.05, 0.1) is 11.7 Å². The summed E-state index contributed by atoms with van der Waals surface area (Å²) in [6.07, 6.45) is 3.65. The predicted molar refractivity (Wildman–Crippen MR) is 76.4 cm³/mol. The molecule has 1 aromatic rings. The number of nitrogens with one attached hydrogen (secondary N) is 1. The molecule has 1 fully saturated rings. The Labute approximate surface area is 121 Å². The largest absolute Gasteiger partial charge is 0.478 e. The molecule has 2 rings (SSSR count). The van der Waals surface area contributed by atoms with Crippen LogP contribution in [0.15, 0.2) is 22.7 Å². The van der Waals surface area contributed by atoms with E-state index in [1.54, 1.807) is 19.2 Å². The van der Waals surface area contributed by atoms with Crippen LogP contribution in [0.5, 0.6) is 0 Å². The topological polar surface area (TPSA) is 58.6 Å². The second-order valence-electron chi connectivity index (χ2n) is 4.86. The van der Waals surface area contributed by atoms with Crippen molar-refractivity contribution in [1.29, 1.82) is 0 Å². The highest BCUT2D eigenvalue weighted by Crippen LogP contribution is 2.23. The van der Waals surface area contributed by atoms with Crippen LogP contribution in [0, 0.1) is 0 Å². The normalized spacial score (nSPS) is 22.6. The molecular formula is C14H18BrNO3. The van der Waals surface area contributed by atoms with Crippen molar-refractivity contribution in [2.75, 3.05) is 7.11 Å². The minimum atomic E-state index is -0.904. The first-order valence-electron chi connectivity index (χ1n) is 6.38. The Balaban J connectivity index is 1.91. The van der Waals surface area contributed by atoms with Crippen LogP contribution in [0.25, 0.3) is 0 Å². The molecule has 1 saturated carbocycles. The van der Waals surface area contributed by atoms with E-state index in [-0.39, 0.29) is 0 Å². The average molecular weight is 328 g/mol. The molecule has 5 heteroatoms. The van der Waals surface area contributed by atoms with Crippen LogP contribution in [-0.4, -0.2) is 30.3 Å². The maximum Gasteiger partial charge on any atom is 0.335 e. The van der Waals surface area contributed by atoms with E-state index in [0.717, 1.165) is 35.8 Å². The lowest BCUT2D eigenvalue weighted by Gasteiger charge is -2.14. The number of aromatic carboxylic acids is 1. The monoisotopic (exact) mass is 327 g/mol. The van der Waals surface area contributed by atoms with Crippen molar-refractivity contribution in [3.05, 3.63) is 33.8 Å². The number of carboxylic acids is 1. The minimum absolute atomic E-state index is 0.302. The molecule has 0 aromatic heterocycles. The fraction of sp³-hybridized carbons (Fsp3) is 0.500. The molecule has 0 saturated heterocycles. The summed E-state index contributed by atoms with van der Waals surface area (Å²) in [4.78, 5) is 10.9. The highest BCUT2D eigenvalue weighted by molar-refractivity contribution is 9.10. The lowest BCUT2D eigenvalue weighted by molar-refractivity contribution is 0.0696. The number of benzene rings is 1. The molecule has 0 radical (unpaired) electrons. The maximum absolute atomic E-state index is 10.9. The van der Waals surface area contributed by atoms with Crippen LogP contribution < -0.4 is 5.32 Å². The van der Waals surface area contributed by atoms with E-state index in [2.05, 4.69) is 21.2 Å². The fourth-order valence-electron chi connectivity index (χ4n) is 2.42. The summed E-state index contributed by atoms with van der Waals surface area (Å²) < 4.78 is 6.18. The van der Waals surface area contributed by atoms with Crippen molar-refractivity contribution >= 4 is 21.9 Å². The Bertz CT molecular complexity index is 464. The molecule has 1 aromatic carbocycles. The highest BCUT2D eigenvalue weighted by Gasteiger charge is 2.23. The Morgan fingerprint density at radius 3 is 2.89 bits per heavy atom. The summed E-state index contributed by atoms with van der Waals surface area (Å²) in [6, 6.07) is 5.61. The molecular weight excluding hydrogens is 310 g/mol. The predicted octanol–water partition coefficient (Wildman–Crippen LogP) is 2.80. The number of rotatable bonds is 5. The molecule has 2 atom stereocenters. The zero-order chi connectivity index (χ0) is 13.8. The summed E-state index contributed by atoms with van der Waals surface area (Å²) in [6.45, 7) is 0.738. The van der Waals surface area contributed by atoms with Gasteiger partial charge in [-0.2, -0.15) is 0 Å². The summed E-state index contributed by atoms with van der Waals surface area (Å²) in [5.41, 5.74) is 1.38. The van der Waals surface area contributed by atoms with Gasteiger partial charge in [0.1, 0.15) is 0 Å². The third-order valence-electron chi connectivity index (χ3n) is 3.60. The Hall–Kier alpha value is -0.910. The Kier molecular flexibility index (Phi) is 4.96. The van der Waals surface area contributed by atoms with E-state index in [1.165, 1.54) is 0 Å². The van der Waals surface area contributed by atoms with Crippen LogP contribution >= 0.6 is 15.9 Å². The van der Waals surface area contributed by atoms with Crippen molar-refractivity contribution < 1.29 is 14.6 Å². The fourth-order valence-corrected chi connectivity index (χ4v) is 2.94. The number of methoxy groups -OCH3 is 1. The molecule has 0 heterocycles. The zero-order valence-electron chi connectivity index (χ0n) is 10.9. The van der Waals surface area contributed by atoms with Crippen LogP contribution in [0.1, 0.15) is 35.2 Å². The third-order valence-corrected chi connectivity index (χ3v) is 4.34. The lowest BCUT2D eigenvalue weighted by Crippen LogP contribution is -2.26. The molecule has 2 N–H and O–H groups in total. The van der Waals surface area contributed by atoms with E-state index in [9.17, 15) is 4.79 Å². The molecule has 0 aliphatic heterocycles. The van der Waals surface area contributed by atoms with E-state index in [4.69, 9.17) is 9.84 Å². The summed E-state index contributed by atoms with van der Waals surface area (Å²) >= 11 is 3.42. The number of halogens is 1. The van der Waals surface area contributed by atoms with Crippen molar-refractivity contribution in [1.82, 2.24) is 5.32 Å². The van der Waals surface area contributed by atoms with Crippen molar-refractivity contribution in [3.8, 4) is 0 Å². The minimum Gasteiger partial charge on any atom is -0.478 e. The van der Waals surface area contributed by atoms with Gasteiger partial charge in [-0.3, -0.25) is 0 Å². The molecule has 19 heavy (non-hydrogen) atoms. The molecule has 104 valence electrons. The number of carboxylic acid groups (broad SMARTS) is 1.